The minimum absolute atomic E-state index is 0.248. The number of anilines is 1. The SMILES string of the molecule is O=C(Nc1ccc(-c2csnn2)cc1)c1cnn2cccnc12. The molecule has 0 aliphatic heterocycles. The van der Waals surface area contributed by atoms with Crippen LogP contribution in [0.4, 0.5) is 5.69 Å². The van der Waals surface area contributed by atoms with Crippen LogP contribution in [0.25, 0.3) is 16.9 Å². The summed E-state index contributed by atoms with van der Waals surface area (Å²) in [6.07, 6.45) is 4.88. The van der Waals surface area contributed by atoms with Gasteiger partial charge in [0.1, 0.15) is 11.3 Å². The van der Waals surface area contributed by atoms with E-state index in [1.165, 1.54) is 17.7 Å². The summed E-state index contributed by atoms with van der Waals surface area (Å²) in [6.45, 7) is 0. The van der Waals surface area contributed by atoms with Crippen molar-refractivity contribution in [1.29, 1.82) is 0 Å². The number of nitrogens with one attached hydrogen (secondary N) is 1. The lowest BCUT2D eigenvalue weighted by Crippen LogP contribution is -2.11. The first-order valence-electron chi connectivity index (χ1n) is 6.78. The Morgan fingerprint density at radius 2 is 2.09 bits per heavy atom. The van der Waals surface area contributed by atoms with E-state index in [-0.39, 0.29) is 5.91 Å². The van der Waals surface area contributed by atoms with Crippen molar-refractivity contribution < 1.29 is 4.79 Å². The number of carbonyl (C=O) groups is 1. The Hall–Kier alpha value is -3.13. The second-order valence-corrected chi connectivity index (χ2v) is 5.38. The average molecular weight is 322 g/mol. The van der Waals surface area contributed by atoms with Crippen molar-refractivity contribution in [3.63, 3.8) is 0 Å². The summed E-state index contributed by atoms with van der Waals surface area (Å²) in [5.74, 6) is -0.248. The molecule has 1 N–H and O–H groups in total. The number of nitrogens with zero attached hydrogens (tertiary/aromatic N) is 5. The van der Waals surface area contributed by atoms with Crippen LogP contribution in [0.3, 0.4) is 0 Å². The quantitative estimate of drug-likeness (QED) is 0.626. The van der Waals surface area contributed by atoms with Gasteiger partial charge in [-0.15, -0.1) is 5.10 Å². The number of carbonyl (C=O) groups excluding carboxylic acids is 1. The Morgan fingerprint density at radius 1 is 1.22 bits per heavy atom. The maximum atomic E-state index is 12.4. The summed E-state index contributed by atoms with van der Waals surface area (Å²) < 4.78 is 5.40. The Morgan fingerprint density at radius 3 is 2.87 bits per heavy atom. The predicted octanol–water partition coefficient (Wildman–Crippen LogP) is 2.50. The zero-order chi connectivity index (χ0) is 15.6. The molecule has 0 saturated heterocycles. The maximum absolute atomic E-state index is 12.4. The average Bonchev–Trinajstić information content (AvgIpc) is 3.25. The largest absolute Gasteiger partial charge is 0.322 e. The minimum Gasteiger partial charge on any atom is -0.322 e. The summed E-state index contributed by atoms with van der Waals surface area (Å²) >= 11 is 1.30. The van der Waals surface area contributed by atoms with Crippen molar-refractivity contribution in [2.45, 2.75) is 0 Å². The Balaban J connectivity index is 1.57. The number of rotatable bonds is 3. The van der Waals surface area contributed by atoms with E-state index in [1.807, 2.05) is 29.6 Å². The van der Waals surface area contributed by atoms with Gasteiger partial charge in [0.15, 0.2) is 5.65 Å². The van der Waals surface area contributed by atoms with Gasteiger partial charge in [-0.25, -0.2) is 9.50 Å². The zero-order valence-corrected chi connectivity index (χ0v) is 12.6. The second-order valence-electron chi connectivity index (χ2n) is 4.77. The first kappa shape index (κ1) is 13.5. The van der Waals surface area contributed by atoms with Crippen molar-refractivity contribution in [3.05, 3.63) is 59.9 Å². The molecule has 0 radical (unpaired) electrons. The molecular formula is C15H10N6OS. The van der Waals surface area contributed by atoms with Crippen molar-refractivity contribution in [2.24, 2.45) is 0 Å². The standard InChI is InChI=1S/C15H10N6OS/c22-15(12-8-17-21-7-1-6-16-14(12)21)18-11-4-2-10(3-5-11)13-9-23-20-19-13/h1-9H,(H,18,22). The summed E-state index contributed by atoms with van der Waals surface area (Å²) in [7, 11) is 0. The molecule has 0 aliphatic carbocycles. The fraction of sp³-hybridized carbons (Fsp3) is 0. The summed E-state index contributed by atoms with van der Waals surface area (Å²) in [6, 6.07) is 9.19. The van der Waals surface area contributed by atoms with Crippen LogP contribution in [0.15, 0.2) is 54.3 Å². The van der Waals surface area contributed by atoms with Gasteiger partial charge in [0, 0.05) is 29.0 Å². The van der Waals surface area contributed by atoms with E-state index >= 15 is 0 Å². The maximum Gasteiger partial charge on any atom is 0.261 e. The monoisotopic (exact) mass is 322 g/mol. The molecule has 1 aromatic carbocycles. The first-order chi connectivity index (χ1) is 11.3. The number of amides is 1. The third kappa shape index (κ3) is 2.55. The molecule has 4 rings (SSSR count). The van der Waals surface area contributed by atoms with E-state index in [1.54, 1.807) is 23.0 Å². The van der Waals surface area contributed by atoms with Crippen molar-refractivity contribution in [3.8, 4) is 11.3 Å². The van der Waals surface area contributed by atoms with Gasteiger partial charge in [0.25, 0.3) is 5.91 Å². The number of benzene rings is 1. The molecule has 4 aromatic rings. The highest BCUT2D eigenvalue weighted by Gasteiger charge is 2.13. The van der Waals surface area contributed by atoms with Gasteiger partial charge in [-0.1, -0.05) is 16.6 Å². The van der Waals surface area contributed by atoms with E-state index in [2.05, 4.69) is 25.0 Å². The van der Waals surface area contributed by atoms with E-state index < -0.39 is 0 Å². The molecule has 0 atom stereocenters. The van der Waals surface area contributed by atoms with Gasteiger partial charge in [0.05, 0.1) is 6.20 Å². The van der Waals surface area contributed by atoms with Crippen LogP contribution in [-0.2, 0) is 0 Å². The van der Waals surface area contributed by atoms with Crippen LogP contribution in [-0.4, -0.2) is 30.1 Å². The lowest BCUT2D eigenvalue weighted by molar-refractivity contribution is 0.102. The molecule has 3 heterocycles. The lowest BCUT2D eigenvalue weighted by atomic mass is 10.1. The van der Waals surface area contributed by atoms with Crippen LogP contribution in [0.1, 0.15) is 10.4 Å². The van der Waals surface area contributed by atoms with Gasteiger partial charge < -0.3 is 5.32 Å². The molecule has 7 nitrogen and oxygen atoms in total. The van der Waals surface area contributed by atoms with Gasteiger partial charge in [-0.05, 0) is 29.7 Å². The molecule has 0 fully saturated rings. The number of aromatic nitrogens is 5. The molecule has 0 spiro atoms. The molecule has 0 saturated carbocycles. The number of fused-ring (bicyclic) bond motifs is 1. The highest BCUT2D eigenvalue weighted by Crippen LogP contribution is 2.20. The molecule has 0 unspecified atom stereocenters. The van der Waals surface area contributed by atoms with E-state index in [0.29, 0.717) is 16.9 Å². The van der Waals surface area contributed by atoms with Crippen molar-refractivity contribution in [2.75, 3.05) is 5.32 Å². The van der Waals surface area contributed by atoms with Gasteiger partial charge >= 0.3 is 0 Å². The molecule has 0 bridgehead atoms. The van der Waals surface area contributed by atoms with Gasteiger partial charge in [-0.3, -0.25) is 4.79 Å². The molecule has 0 aliphatic rings. The zero-order valence-electron chi connectivity index (χ0n) is 11.7. The highest BCUT2D eigenvalue weighted by molar-refractivity contribution is 7.03. The summed E-state index contributed by atoms with van der Waals surface area (Å²) in [4.78, 5) is 16.6. The third-order valence-electron chi connectivity index (χ3n) is 3.32. The van der Waals surface area contributed by atoms with E-state index in [9.17, 15) is 4.79 Å². The fourth-order valence-corrected chi connectivity index (χ4v) is 2.67. The topological polar surface area (TPSA) is 85.1 Å². The number of hydrogen-bond donors (Lipinski definition) is 1. The van der Waals surface area contributed by atoms with E-state index in [4.69, 9.17) is 0 Å². The third-order valence-corrected chi connectivity index (χ3v) is 3.83. The molecule has 3 aromatic heterocycles. The van der Waals surface area contributed by atoms with Crippen LogP contribution >= 0.6 is 11.5 Å². The predicted molar refractivity (Wildman–Crippen MR) is 86.3 cm³/mol. The first-order valence-corrected chi connectivity index (χ1v) is 7.62. The molecule has 23 heavy (non-hydrogen) atoms. The summed E-state index contributed by atoms with van der Waals surface area (Å²) in [5.41, 5.74) is 3.42. The highest BCUT2D eigenvalue weighted by atomic mass is 32.1. The molecule has 1 amide bonds. The molecule has 112 valence electrons. The molecular weight excluding hydrogens is 312 g/mol. The Kier molecular flexibility index (Phi) is 3.28. The second kappa shape index (κ2) is 5.58. The van der Waals surface area contributed by atoms with Crippen molar-refractivity contribution >= 4 is 28.8 Å². The fourth-order valence-electron chi connectivity index (χ4n) is 2.20. The van der Waals surface area contributed by atoms with Crippen LogP contribution in [0.5, 0.6) is 0 Å². The van der Waals surface area contributed by atoms with Gasteiger partial charge in [-0.2, -0.15) is 5.10 Å². The van der Waals surface area contributed by atoms with E-state index in [0.717, 1.165) is 11.3 Å². The minimum atomic E-state index is -0.248. The van der Waals surface area contributed by atoms with Crippen LogP contribution in [0, 0.1) is 0 Å². The Bertz CT molecular complexity index is 961. The van der Waals surface area contributed by atoms with Gasteiger partial charge in [0.2, 0.25) is 0 Å². The lowest BCUT2D eigenvalue weighted by Gasteiger charge is -2.04. The molecule has 8 heteroatoms. The normalized spacial score (nSPS) is 10.8. The smallest absolute Gasteiger partial charge is 0.261 e. The summed E-state index contributed by atoms with van der Waals surface area (Å²) in [5, 5.41) is 12.8. The van der Waals surface area contributed by atoms with Crippen molar-refractivity contribution in [1.82, 2.24) is 24.2 Å². The number of hydrogen-bond acceptors (Lipinski definition) is 6. The van der Waals surface area contributed by atoms with Crippen LogP contribution < -0.4 is 5.32 Å². The Labute approximate surface area is 134 Å². The van der Waals surface area contributed by atoms with Crippen LogP contribution in [0.2, 0.25) is 0 Å².